The van der Waals surface area contributed by atoms with Crippen LogP contribution in [0.1, 0.15) is 35.7 Å². The summed E-state index contributed by atoms with van der Waals surface area (Å²) in [5.74, 6) is 2.47. The summed E-state index contributed by atoms with van der Waals surface area (Å²) in [6.07, 6.45) is -2.04. The summed E-state index contributed by atoms with van der Waals surface area (Å²) in [5, 5.41) is 14.5. The van der Waals surface area contributed by atoms with Gasteiger partial charge in [-0.25, -0.2) is 9.40 Å². The molecule has 0 saturated heterocycles. The van der Waals surface area contributed by atoms with Crippen LogP contribution >= 0.6 is 0 Å². The highest BCUT2D eigenvalue weighted by atomic mass is 19.4. The van der Waals surface area contributed by atoms with E-state index in [4.69, 9.17) is 11.3 Å². The largest absolute Gasteiger partial charge is 0.573 e. The smallest absolute Gasteiger partial charge is 0.406 e. The van der Waals surface area contributed by atoms with Crippen molar-refractivity contribution in [3.05, 3.63) is 71.2 Å². The monoisotopic (exact) mass is 523 g/mol. The zero-order valence-electron chi connectivity index (χ0n) is 20.5. The molecular formula is C25H29F4N5O3. The topological polar surface area (TPSA) is 121 Å². The van der Waals surface area contributed by atoms with E-state index in [-0.39, 0.29) is 34.9 Å². The molecular weight excluding hydrogens is 494 g/mol. The van der Waals surface area contributed by atoms with Crippen molar-refractivity contribution in [3.8, 4) is 5.75 Å². The number of amides is 1. The predicted molar refractivity (Wildman–Crippen MR) is 132 cm³/mol. The Morgan fingerprint density at radius 1 is 1.22 bits per heavy atom. The number of benzene rings is 2. The van der Waals surface area contributed by atoms with E-state index in [2.05, 4.69) is 15.4 Å². The number of carbonyl (C=O) groups is 2. The Hall–Kier alpha value is -3.77. The van der Waals surface area contributed by atoms with Gasteiger partial charge in [0.2, 0.25) is 5.91 Å². The Kier molecular flexibility index (Phi) is 10.3. The highest BCUT2D eigenvalue weighted by molar-refractivity contribution is 5.99. The minimum atomic E-state index is -5.07. The minimum Gasteiger partial charge on any atom is -0.406 e. The summed E-state index contributed by atoms with van der Waals surface area (Å²) >= 11 is 0. The molecule has 12 heteroatoms. The van der Waals surface area contributed by atoms with Gasteiger partial charge in [-0.3, -0.25) is 15.4 Å². The van der Waals surface area contributed by atoms with Crippen molar-refractivity contribution in [2.75, 3.05) is 18.9 Å². The van der Waals surface area contributed by atoms with Crippen LogP contribution in [0.2, 0.25) is 0 Å². The molecule has 1 amide bonds. The molecule has 2 atom stereocenters. The quantitative estimate of drug-likeness (QED) is 0.109. The second kappa shape index (κ2) is 13.0. The van der Waals surface area contributed by atoms with Gasteiger partial charge in [0.15, 0.2) is 0 Å². The maximum atomic E-state index is 14.1. The van der Waals surface area contributed by atoms with Crippen molar-refractivity contribution in [1.82, 2.24) is 10.3 Å². The van der Waals surface area contributed by atoms with E-state index in [0.29, 0.717) is 12.4 Å². The van der Waals surface area contributed by atoms with Crippen LogP contribution in [0.4, 0.5) is 23.2 Å². The summed E-state index contributed by atoms with van der Waals surface area (Å²) in [6.45, 7) is 4.08. The van der Waals surface area contributed by atoms with E-state index in [1.807, 2.05) is 13.8 Å². The fourth-order valence-electron chi connectivity index (χ4n) is 3.89. The SMILES string of the molecule is CN/C=C(\C=N)[C@@H]([C@H](C(=O)Nc1cc(F)cc(OC(F)(F)F)c1)c1ccccc1C=O)N(N)CC(C)C. The van der Waals surface area contributed by atoms with Crippen LogP contribution in [0.5, 0.6) is 5.75 Å². The maximum absolute atomic E-state index is 14.1. The number of nitrogens with one attached hydrogen (secondary N) is 3. The van der Waals surface area contributed by atoms with E-state index in [1.54, 1.807) is 19.2 Å². The fourth-order valence-corrected chi connectivity index (χ4v) is 3.89. The van der Waals surface area contributed by atoms with Gasteiger partial charge >= 0.3 is 6.36 Å². The minimum absolute atomic E-state index is 0.0457. The Morgan fingerprint density at radius 2 is 1.89 bits per heavy atom. The summed E-state index contributed by atoms with van der Waals surface area (Å²) in [5.41, 5.74) is 0.399. The van der Waals surface area contributed by atoms with Gasteiger partial charge in [-0.15, -0.1) is 13.2 Å². The van der Waals surface area contributed by atoms with Crippen molar-refractivity contribution in [1.29, 1.82) is 5.41 Å². The molecule has 0 aliphatic carbocycles. The standard InChI is InChI=1S/C25H29F4N5O3/c1-15(2)13-34(31)23(17(11-30)12-32-3)22(21-7-5-4-6-16(21)14-35)24(36)33-19-8-18(26)9-20(10-19)37-25(27,28)29/h4-12,14-15,22-23,30,32H,13,31H2,1-3H3,(H,33,36)/b17-12+,30-11?/t22-,23+/m1/s1. The first-order valence-corrected chi connectivity index (χ1v) is 11.2. The number of halogens is 4. The molecule has 2 aromatic rings. The van der Waals surface area contributed by atoms with E-state index in [0.717, 1.165) is 18.3 Å². The third-order valence-corrected chi connectivity index (χ3v) is 5.18. The van der Waals surface area contributed by atoms with E-state index < -0.39 is 35.8 Å². The van der Waals surface area contributed by atoms with Gasteiger partial charge < -0.3 is 20.8 Å². The van der Waals surface area contributed by atoms with Gasteiger partial charge in [-0.1, -0.05) is 38.1 Å². The van der Waals surface area contributed by atoms with E-state index >= 15 is 0 Å². The van der Waals surface area contributed by atoms with Gasteiger partial charge in [-0.05, 0) is 17.5 Å². The molecule has 0 heterocycles. The number of hydrogen-bond acceptors (Lipinski definition) is 7. The highest BCUT2D eigenvalue weighted by Crippen LogP contribution is 2.32. The molecule has 0 spiro atoms. The number of rotatable bonds is 12. The molecule has 0 saturated carbocycles. The zero-order valence-corrected chi connectivity index (χ0v) is 20.5. The normalized spacial score (nSPS) is 13.7. The van der Waals surface area contributed by atoms with Crippen molar-refractivity contribution >= 4 is 24.1 Å². The predicted octanol–water partition coefficient (Wildman–Crippen LogP) is 4.21. The molecule has 8 nitrogen and oxygen atoms in total. The third kappa shape index (κ3) is 8.40. The second-order valence-electron chi connectivity index (χ2n) is 8.55. The lowest BCUT2D eigenvalue weighted by Gasteiger charge is -2.35. The molecule has 0 bridgehead atoms. The van der Waals surface area contributed by atoms with E-state index in [1.165, 1.54) is 23.3 Å². The van der Waals surface area contributed by atoms with Gasteiger partial charge in [-0.2, -0.15) is 0 Å². The first-order valence-electron chi connectivity index (χ1n) is 11.2. The van der Waals surface area contributed by atoms with Crippen LogP contribution in [-0.2, 0) is 4.79 Å². The average Bonchev–Trinajstić information content (AvgIpc) is 2.79. The molecule has 0 aliphatic rings. The molecule has 0 aliphatic heterocycles. The molecule has 200 valence electrons. The lowest BCUT2D eigenvalue weighted by molar-refractivity contribution is -0.274. The van der Waals surface area contributed by atoms with Crippen LogP contribution in [0.25, 0.3) is 0 Å². The van der Waals surface area contributed by atoms with Crippen molar-refractivity contribution < 1.29 is 31.9 Å². The van der Waals surface area contributed by atoms with Gasteiger partial charge in [0, 0.05) is 55.0 Å². The summed E-state index contributed by atoms with van der Waals surface area (Å²) in [7, 11) is 1.59. The first-order chi connectivity index (χ1) is 17.4. The molecule has 37 heavy (non-hydrogen) atoms. The van der Waals surface area contributed by atoms with Crippen molar-refractivity contribution in [3.63, 3.8) is 0 Å². The number of ether oxygens (including phenoxy) is 1. The molecule has 2 rings (SSSR count). The first kappa shape index (κ1) is 29.5. The third-order valence-electron chi connectivity index (χ3n) is 5.18. The van der Waals surface area contributed by atoms with Gasteiger partial charge in [0.05, 0.1) is 12.0 Å². The van der Waals surface area contributed by atoms with Crippen LogP contribution in [0.15, 0.2) is 54.2 Å². The number of nitrogens with zero attached hydrogens (tertiary/aromatic N) is 1. The molecule has 2 aromatic carbocycles. The Bertz CT molecular complexity index is 1140. The van der Waals surface area contributed by atoms with Gasteiger partial charge in [0.25, 0.3) is 0 Å². The van der Waals surface area contributed by atoms with Crippen molar-refractivity contribution in [2.45, 2.75) is 32.2 Å². The number of alkyl halides is 3. The Labute approximate surface area is 211 Å². The molecule has 0 radical (unpaired) electrons. The zero-order chi connectivity index (χ0) is 27.8. The maximum Gasteiger partial charge on any atom is 0.573 e. The van der Waals surface area contributed by atoms with Crippen LogP contribution < -0.4 is 21.2 Å². The second-order valence-corrected chi connectivity index (χ2v) is 8.55. The van der Waals surface area contributed by atoms with Crippen molar-refractivity contribution in [2.24, 2.45) is 11.8 Å². The lowest BCUT2D eigenvalue weighted by atomic mass is 9.83. The molecule has 0 unspecified atom stereocenters. The van der Waals surface area contributed by atoms with E-state index in [9.17, 15) is 27.2 Å². The molecule has 0 aromatic heterocycles. The average molecular weight is 524 g/mol. The lowest BCUT2D eigenvalue weighted by Crippen LogP contribution is -2.51. The summed E-state index contributed by atoms with van der Waals surface area (Å²) in [4.78, 5) is 25.6. The number of hydrogen-bond donors (Lipinski definition) is 4. The van der Waals surface area contributed by atoms with Crippen LogP contribution in [0, 0.1) is 17.1 Å². The number of anilines is 1. The van der Waals surface area contributed by atoms with Crippen LogP contribution in [-0.4, -0.2) is 49.4 Å². The number of aldehydes is 1. The van der Waals surface area contributed by atoms with Gasteiger partial charge in [0.1, 0.15) is 17.9 Å². The number of carbonyl (C=O) groups excluding carboxylic acids is 2. The highest BCUT2D eigenvalue weighted by Gasteiger charge is 2.37. The Morgan fingerprint density at radius 3 is 2.46 bits per heavy atom. The van der Waals surface area contributed by atoms with Crippen LogP contribution in [0.3, 0.4) is 0 Å². The fraction of sp³-hybridized carbons (Fsp3) is 0.320. The number of hydrazine groups is 1. The molecule has 5 N–H and O–H groups in total. The summed E-state index contributed by atoms with van der Waals surface area (Å²) in [6, 6.07) is 7.41. The molecule has 0 fully saturated rings. The Balaban J connectivity index is 2.66. The summed E-state index contributed by atoms with van der Waals surface area (Å²) < 4.78 is 55.9. The number of nitrogens with two attached hydrogens (primary N) is 1.